The minimum atomic E-state index is 0.00647. The second kappa shape index (κ2) is 6.88. The minimum Gasteiger partial charge on any atom is -0.389 e. The number of amides is 1. The van der Waals surface area contributed by atoms with E-state index in [-0.39, 0.29) is 5.91 Å². The molecule has 1 aliphatic heterocycles. The van der Waals surface area contributed by atoms with E-state index in [0.29, 0.717) is 11.5 Å². The SMILES string of the molecule is NC(=S)c1cccc(NC(=O)CN2CCSCC2)c1. The van der Waals surface area contributed by atoms with Gasteiger partial charge in [-0.1, -0.05) is 24.4 Å². The molecule has 4 nitrogen and oxygen atoms in total. The number of nitrogens with zero attached hydrogens (tertiary/aromatic N) is 1. The molecule has 19 heavy (non-hydrogen) atoms. The zero-order valence-corrected chi connectivity index (χ0v) is 12.2. The third-order valence-corrected chi connectivity index (χ3v) is 4.08. The molecule has 3 N–H and O–H groups in total. The maximum absolute atomic E-state index is 11.9. The molecule has 2 rings (SSSR count). The molecule has 1 fully saturated rings. The average molecular weight is 295 g/mol. The van der Waals surface area contributed by atoms with Crippen molar-refractivity contribution >= 4 is 40.6 Å². The van der Waals surface area contributed by atoms with E-state index in [4.69, 9.17) is 18.0 Å². The van der Waals surface area contributed by atoms with E-state index in [1.807, 2.05) is 30.0 Å². The van der Waals surface area contributed by atoms with Crippen molar-refractivity contribution in [3.63, 3.8) is 0 Å². The Hall–Kier alpha value is -1.11. The highest BCUT2D eigenvalue weighted by Gasteiger charge is 2.14. The van der Waals surface area contributed by atoms with E-state index in [1.54, 1.807) is 6.07 Å². The van der Waals surface area contributed by atoms with Crippen LogP contribution in [0, 0.1) is 0 Å². The van der Waals surface area contributed by atoms with Crippen LogP contribution in [0.25, 0.3) is 0 Å². The third kappa shape index (κ3) is 4.49. The highest BCUT2D eigenvalue weighted by atomic mass is 32.2. The van der Waals surface area contributed by atoms with Gasteiger partial charge in [-0.25, -0.2) is 0 Å². The molecule has 0 spiro atoms. The summed E-state index contributed by atoms with van der Waals surface area (Å²) in [4.78, 5) is 14.4. The minimum absolute atomic E-state index is 0.00647. The molecule has 1 aromatic rings. The third-order valence-electron chi connectivity index (χ3n) is 2.90. The molecule has 1 heterocycles. The second-order valence-electron chi connectivity index (χ2n) is 4.38. The fraction of sp³-hybridized carbons (Fsp3) is 0.385. The van der Waals surface area contributed by atoms with E-state index in [0.717, 1.165) is 35.8 Å². The second-order valence-corrected chi connectivity index (χ2v) is 6.05. The smallest absolute Gasteiger partial charge is 0.238 e. The van der Waals surface area contributed by atoms with Gasteiger partial charge in [0.25, 0.3) is 0 Å². The Balaban J connectivity index is 1.90. The van der Waals surface area contributed by atoms with Crippen molar-refractivity contribution in [2.24, 2.45) is 5.73 Å². The van der Waals surface area contributed by atoms with Gasteiger partial charge in [-0.3, -0.25) is 9.69 Å². The summed E-state index contributed by atoms with van der Waals surface area (Å²) in [7, 11) is 0. The molecule has 6 heteroatoms. The number of carbonyl (C=O) groups is 1. The fourth-order valence-electron chi connectivity index (χ4n) is 1.91. The van der Waals surface area contributed by atoms with Gasteiger partial charge in [0, 0.05) is 35.8 Å². The Labute approximate surface area is 122 Å². The number of hydrogen-bond donors (Lipinski definition) is 2. The van der Waals surface area contributed by atoms with Gasteiger partial charge < -0.3 is 11.1 Å². The van der Waals surface area contributed by atoms with Crippen molar-refractivity contribution in [3.8, 4) is 0 Å². The predicted octanol–water partition coefficient (Wildman–Crippen LogP) is 1.31. The average Bonchev–Trinajstić information content (AvgIpc) is 2.40. The summed E-state index contributed by atoms with van der Waals surface area (Å²) < 4.78 is 0. The molecule has 0 aliphatic carbocycles. The van der Waals surface area contributed by atoms with Gasteiger partial charge in [-0.15, -0.1) is 0 Å². The standard InChI is InChI=1S/C13H17N3OS2/c14-13(18)10-2-1-3-11(8-10)15-12(17)9-16-4-6-19-7-5-16/h1-3,8H,4-7,9H2,(H2,14,18)(H,15,17). The van der Waals surface area contributed by atoms with Gasteiger partial charge in [-0.2, -0.15) is 11.8 Å². The van der Waals surface area contributed by atoms with Crippen molar-refractivity contribution < 1.29 is 4.79 Å². The Morgan fingerprint density at radius 2 is 2.16 bits per heavy atom. The summed E-state index contributed by atoms with van der Waals surface area (Å²) in [6.45, 7) is 2.40. The molecular formula is C13H17N3OS2. The number of benzene rings is 1. The van der Waals surface area contributed by atoms with Gasteiger partial charge in [0.1, 0.15) is 4.99 Å². The van der Waals surface area contributed by atoms with E-state index >= 15 is 0 Å². The number of thioether (sulfide) groups is 1. The molecular weight excluding hydrogens is 278 g/mol. The molecule has 0 atom stereocenters. The first-order valence-corrected chi connectivity index (χ1v) is 7.71. The van der Waals surface area contributed by atoms with E-state index < -0.39 is 0 Å². The number of nitrogens with one attached hydrogen (secondary N) is 1. The highest BCUT2D eigenvalue weighted by molar-refractivity contribution is 7.99. The van der Waals surface area contributed by atoms with Gasteiger partial charge in [0.15, 0.2) is 0 Å². The molecule has 0 aromatic heterocycles. The van der Waals surface area contributed by atoms with Crippen LogP contribution >= 0.6 is 24.0 Å². The molecule has 102 valence electrons. The molecule has 0 bridgehead atoms. The Bertz CT molecular complexity index is 473. The van der Waals surface area contributed by atoms with E-state index in [1.165, 1.54) is 0 Å². The summed E-state index contributed by atoms with van der Waals surface area (Å²) >= 11 is 6.85. The highest BCUT2D eigenvalue weighted by Crippen LogP contribution is 2.12. The van der Waals surface area contributed by atoms with Crippen LogP contribution in [-0.4, -0.2) is 46.9 Å². The van der Waals surface area contributed by atoms with Crippen LogP contribution in [0.15, 0.2) is 24.3 Å². The topological polar surface area (TPSA) is 58.4 Å². The van der Waals surface area contributed by atoms with Crippen molar-refractivity contribution in [2.45, 2.75) is 0 Å². The molecule has 1 saturated heterocycles. The molecule has 1 aliphatic rings. The van der Waals surface area contributed by atoms with Gasteiger partial charge in [-0.05, 0) is 12.1 Å². The quantitative estimate of drug-likeness (QED) is 0.820. The molecule has 0 radical (unpaired) electrons. The Morgan fingerprint density at radius 1 is 1.42 bits per heavy atom. The lowest BCUT2D eigenvalue weighted by molar-refractivity contribution is -0.117. The Morgan fingerprint density at radius 3 is 2.84 bits per heavy atom. The van der Waals surface area contributed by atoms with Crippen LogP contribution in [0.5, 0.6) is 0 Å². The van der Waals surface area contributed by atoms with Crippen molar-refractivity contribution in [3.05, 3.63) is 29.8 Å². The van der Waals surface area contributed by atoms with Crippen molar-refractivity contribution in [1.82, 2.24) is 4.90 Å². The van der Waals surface area contributed by atoms with Gasteiger partial charge in [0.2, 0.25) is 5.91 Å². The first kappa shape index (κ1) is 14.3. The van der Waals surface area contributed by atoms with Gasteiger partial charge >= 0.3 is 0 Å². The summed E-state index contributed by atoms with van der Waals surface area (Å²) in [6, 6.07) is 7.31. The van der Waals surface area contributed by atoms with Crippen LogP contribution < -0.4 is 11.1 Å². The molecule has 1 aromatic carbocycles. The maximum atomic E-state index is 11.9. The number of thiocarbonyl (C=S) groups is 1. The lowest BCUT2D eigenvalue weighted by Gasteiger charge is -2.25. The molecule has 0 saturated carbocycles. The monoisotopic (exact) mass is 295 g/mol. The number of nitrogens with two attached hydrogens (primary N) is 1. The molecule has 0 unspecified atom stereocenters. The number of carbonyl (C=O) groups excluding carboxylic acids is 1. The van der Waals surface area contributed by atoms with Crippen LogP contribution in [0.1, 0.15) is 5.56 Å². The normalized spacial score (nSPS) is 16.0. The lowest BCUT2D eigenvalue weighted by Crippen LogP contribution is -2.38. The van der Waals surface area contributed by atoms with Crippen LogP contribution in [0.4, 0.5) is 5.69 Å². The summed E-state index contributed by atoms with van der Waals surface area (Å²) in [5, 5.41) is 2.88. The van der Waals surface area contributed by atoms with E-state index in [2.05, 4.69) is 10.2 Å². The lowest BCUT2D eigenvalue weighted by atomic mass is 10.2. The number of hydrogen-bond acceptors (Lipinski definition) is 4. The zero-order valence-electron chi connectivity index (χ0n) is 10.6. The fourth-order valence-corrected chi connectivity index (χ4v) is 3.02. The molecule has 1 amide bonds. The predicted molar refractivity (Wildman–Crippen MR) is 84.7 cm³/mol. The first-order chi connectivity index (χ1) is 9.15. The van der Waals surface area contributed by atoms with Crippen LogP contribution in [0.3, 0.4) is 0 Å². The van der Waals surface area contributed by atoms with E-state index in [9.17, 15) is 4.79 Å². The van der Waals surface area contributed by atoms with Crippen molar-refractivity contribution in [2.75, 3.05) is 36.5 Å². The van der Waals surface area contributed by atoms with Gasteiger partial charge in [0.05, 0.1) is 6.54 Å². The maximum Gasteiger partial charge on any atom is 0.238 e. The summed E-state index contributed by atoms with van der Waals surface area (Å²) in [5.41, 5.74) is 7.07. The largest absolute Gasteiger partial charge is 0.389 e. The zero-order chi connectivity index (χ0) is 13.7. The van der Waals surface area contributed by atoms with Crippen LogP contribution in [-0.2, 0) is 4.79 Å². The summed E-state index contributed by atoms with van der Waals surface area (Å²) in [6.07, 6.45) is 0. The van der Waals surface area contributed by atoms with Crippen molar-refractivity contribution in [1.29, 1.82) is 0 Å². The van der Waals surface area contributed by atoms with Crippen LogP contribution in [0.2, 0.25) is 0 Å². The number of rotatable bonds is 4. The first-order valence-electron chi connectivity index (χ1n) is 6.15. The number of anilines is 1. The Kier molecular flexibility index (Phi) is 5.18. The summed E-state index contributed by atoms with van der Waals surface area (Å²) in [5.74, 6) is 2.21.